The van der Waals surface area contributed by atoms with Crippen LogP contribution in [0.4, 0.5) is 11.4 Å². The Kier molecular flexibility index (Phi) is 6.31. The van der Waals surface area contributed by atoms with Crippen molar-refractivity contribution in [1.29, 1.82) is 0 Å². The van der Waals surface area contributed by atoms with Gasteiger partial charge in [-0.25, -0.2) is 0 Å². The van der Waals surface area contributed by atoms with Crippen LogP contribution in [0.2, 0.25) is 0 Å². The topological polar surface area (TPSA) is 91.5 Å². The molecule has 1 saturated heterocycles. The van der Waals surface area contributed by atoms with Gasteiger partial charge in [0.15, 0.2) is 6.61 Å². The molecule has 1 fully saturated rings. The number of amides is 2. The quantitative estimate of drug-likeness (QED) is 0.543. The van der Waals surface area contributed by atoms with Gasteiger partial charge in [-0.2, -0.15) is 0 Å². The van der Waals surface area contributed by atoms with Gasteiger partial charge in [0.05, 0.1) is 0 Å². The Balaban J connectivity index is 1.18. The fourth-order valence-electron chi connectivity index (χ4n) is 3.82. The molecule has 31 heavy (non-hydrogen) atoms. The third-order valence-electron chi connectivity index (χ3n) is 5.40. The third-order valence-corrected chi connectivity index (χ3v) is 5.40. The maximum atomic E-state index is 12.1. The van der Waals surface area contributed by atoms with Gasteiger partial charge in [-0.1, -0.05) is 18.2 Å². The number of aromatic amines is 1. The van der Waals surface area contributed by atoms with E-state index in [2.05, 4.69) is 16.4 Å². The number of H-pyrrole nitrogens is 1. The van der Waals surface area contributed by atoms with Gasteiger partial charge in [-0.05, 0) is 55.2 Å². The maximum absolute atomic E-state index is 12.1. The van der Waals surface area contributed by atoms with Gasteiger partial charge in [-0.3, -0.25) is 14.4 Å². The van der Waals surface area contributed by atoms with Crippen LogP contribution < -0.4 is 10.2 Å². The van der Waals surface area contributed by atoms with Crippen molar-refractivity contribution in [2.45, 2.75) is 32.1 Å². The first kappa shape index (κ1) is 20.7. The number of ether oxygens (including phenoxy) is 1. The molecule has 160 valence electrons. The van der Waals surface area contributed by atoms with Gasteiger partial charge < -0.3 is 19.9 Å². The van der Waals surface area contributed by atoms with E-state index in [1.54, 1.807) is 29.2 Å². The van der Waals surface area contributed by atoms with Crippen LogP contribution in [0.15, 0.2) is 54.7 Å². The molecule has 0 atom stereocenters. The Bertz CT molecular complexity index is 1090. The van der Waals surface area contributed by atoms with E-state index in [1.165, 1.54) is 5.56 Å². The minimum absolute atomic E-state index is 0.119. The molecule has 3 aromatic rings. The van der Waals surface area contributed by atoms with E-state index in [0.717, 1.165) is 36.0 Å². The first-order valence-corrected chi connectivity index (χ1v) is 10.5. The lowest BCUT2D eigenvalue weighted by molar-refractivity contribution is -0.147. The monoisotopic (exact) mass is 419 g/mol. The van der Waals surface area contributed by atoms with E-state index < -0.39 is 11.9 Å². The zero-order valence-corrected chi connectivity index (χ0v) is 17.2. The highest BCUT2D eigenvalue weighted by Gasteiger charge is 2.21. The van der Waals surface area contributed by atoms with Gasteiger partial charge in [0.1, 0.15) is 0 Å². The predicted octanol–water partition coefficient (Wildman–Crippen LogP) is 3.80. The predicted molar refractivity (Wildman–Crippen MR) is 119 cm³/mol. The third kappa shape index (κ3) is 5.12. The summed E-state index contributed by atoms with van der Waals surface area (Å²) in [5.41, 5.74) is 3.66. The van der Waals surface area contributed by atoms with Crippen LogP contribution in [-0.2, 0) is 25.5 Å². The van der Waals surface area contributed by atoms with Crippen LogP contribution in [0.5, 0.6) is 0 Å². The van der Waals surface area contributed by atoms with Gasteiger partial charge in [0.2, 0.25) is 5.91 Å². The lowest BCUT2D eigenvalue weighted by atomic mass is 10.1. The number of anilines is 2. The normalized spacial score (nSPS) is 13.5. The number of fused-ring (bicyclic) bond motifs is 1. The van der Waals surface area contributed by atoms with E-state index in [4.69, 9.17) is 4.74 Å². The molecule has 4 rings (SSSR count). The van der Waals surface area contributed by atoms with E-state index in [0.29, 0.717) is 18.5 Å². The van der Waals surface area contributed by atoms with Gasteiger partial charge in [0, 0.05) is 47.9 Å². The molecule has 0 aliphatic carbocycles. The summed E-state index contributed by atoms with van der Waals surface area (Å²) in [6.07, 6.45) is 5.08. The Morgan fingerprint density at radius 3 is 2.68 bits per heavy atom. The molecule has 0 saturated carbocycles. The summed E-state index contributed by atoms with van der Waals surface area (Å²) < 4.78 is 5.09. The molecule has 2 heterocycles. The van der Waals surface area contributed by atoms with E-state index in [1.807, 2.05) is 24.4 Å². The first-order valence-electron chi connectivity index (χ1n) is 10.5. The number of nitrogens with zero attached hydrogens (tertiary/aromatic N) is 1. The summed E-state index contributed by atoms with van der Waals surface area (Å²) in [6.45, 7) is 0.402. The number of rotatable bonds is 8. The smallest absolute Gasteiger partial charge is 0.306 e. The lowest BCUT2D eigenvalue weighted by Gasteiger charge is -2.16. The standard InChI is InChI=1S/C24H25N3O4/c28-22(26-18-10-12-19(13-11-18)27-14-4-8-23(27)29)16-31-24(30)9-3-5-17-15-25-21-7-2-1-6-20(17)21/h1-2,6-7,10-13,15,25H,3-5,8-9,14,16H2,(H,26,28). The molecular weight excluding hydrogens is 394 g/mol. The molecule has 2 amide bonds. The number of esters is 1. The van der Waals surface area contributed by atoms with Crippen molar-refractivity contribution in [2.24, 2.45) is 0 Å². The summed E-state index contributed by atoms with van der Waals surface area (Å²) in [5.74, 6) is -0.666. The average molecular weight is 419 g/mol. The zero-order chi connectivity index (χ0) is 21.6. The number of nitrogens with one attached hydrogen (secondary N) is 2. The van der Waals surface area contributed by atoms with Crippen molar-refractivity contribution >= 4 is 40.1 Å². The Labute approximate surface area is 180 Å². The van der Waals surface area contributed by atoms with Crippen molar-refractivity contribution in [1.82, 2.24) is 4.98 Å². The van der Waals surface area contributed by atoms with Crippen LogP contribution in [0.1, 0.15) is 31.2 Å². The number of carbonyl (C=O) groups excluding carboxylic acids is 3. The second-order valence-electron chi connectivity index (χ2n) is 7.62. The van der Waals surface area contributed by atoms with Crippen molar-refractivity contribution < 1.29 is 19.1 Å². The average Bonchev–Trinajstić information content (AvgIpc) is 3.39. The number of hydrogen-bond acceptors (Lipinski definition) is 4. The summed E-state index contributed by atoms with van der Waals surface area (Å²) >= 11 is 0. The minimum Gasteiger partial charge on any atom is -0.456 e. The number of hydrogen-bond donors (Lipinski definition) is 2. The van der Waals surface area contributed by atoms with Crippen LogP contribution in [0.3, 0.4) is 0 Å². The highest BCUT2D eigenvalue weighted by Crippen LogP contribution is 2.23. The van der Waals surface area contributed by atoms with Crippen molar-refractivity contribution in [3.8, 4) is 0 Å². The molecule has 1 aliphatic rings. The second-order valence-corrected chi connectivity index (χ2v) is 7.62. The summed E-state index contributed by atoms with van der Waals surface area (Å²) in [4.78, 5) is 40.8. The van der Waals surface area contributed by atoms with Crippen LogP contribution >= 0.6 is 0 Å². The van der Waals surface area contributed by atoms with Gasteiger partial charge >= 0.3 is 5.97 Å². The molecule has 7 nitrogen and oxygen atoms in total. The number of para-hydroxylation sites is 1. The SMILES string of the molecule is O=C(COC(=O)CCCc1c[nH]c2ccccc12)Nc1ccc(N2CCCC2=O)cc1. The molecule has 2 N–H and O–H groups in total. The minimum atomic E-state index is -0.394. The van der Waals surface area contributed by atoms with E-state index >= 15 is 0 Å². The zero-order valence-electron chi connectivity index (χ0n) is 17.2. The highest BCUT2D eigenvalue weighted by molar-refractivity contribution is 5.96. The van der Waals surface area contributed by atoms with E-state index in [-0.39, 0.29) is 18.9 Å². The number of aryl methyl sites for hydroxylation is 1. The van der Waals surface area contributed by atoms with Crippen molar-refractivity contribution in [3.63, 3.8) is 0 Å². The molecule has 1 aliphatic heterocycles. The fraction of sp³-hybridized carbons (Fsp3) is 0.292. The fourth-order valence-corrected chi connectivity index (χ4v) is 3.82. The maximum Gasteiger partial charge on any atom is 0.306 e. The molecule has 7 heteroatoms. The molecular formula is C24H25N3O4. The second kappa shape index (κ2) is 9.47. The largest absolute Gasteiger partial charge is 0.456 e. The molecule has 0 unspecified atom stereocenters. The van der Waals surface area contributed by atoms with E-state index in [9.17, 15) is 14.4 Å². The van der Waals surface area contributed by atoms with Gasteiger partial charge in [0.25, 0.3) is 5.91 Å². The van der Waals surface area contributed by atoms with Crippen molar-refractivity contribution in [2.75, 3.05) is 23.4 Å². The Morgan fingerprint density at radius 2 is 1.90 bits per heavy atom. The summed E-state index contributed by atoms with van der Waals surface area (Å²) in [6, 6.07) is 15.1. The molecule has 0 spiro atoms. The molecule has 0 bridgehead atoms. The number of aromatic nitrogens is 1. The lowest BCUT2D eigenvalue weighted by Crippen LogP contribution is -2.23. The van der Waals surface area contributed by atoms with Crippen LogP contribution in [0, 0.1) is 0 Å². The highest BCUT2D eigenvalue weighted by atomic mass is 16.5. The van der Waals surface area contributed by atoms with Crippen LogP contribution in [-0.4, -0.2) is 35.9 Å². The van der Waals surface area contributed by atoms with Crippen LogP contribution in [0.25, 0.3) is 10.9 Å². The summed E-state index contributed by atoms with van der Waals surface area (Å²) in [5, 5.41) is 3.86. The Hall–Kier alpha value is -3.61. The Morgan fingerprint density at radius 1 is 1.10 bits per heavy atom. The molecule has 1 aromatic heterocycles. The molecule has 0 radical (unpaired) electrons. The summed E-state index contributed by atoms with van der Waals surface area (Å²) in [7, 11) is 0. The molecule has 2 aromatic carbocycles. The number of benzene rings is 2. The number of carbonyl (C=O) groups is 3. The van der Waals surface area contributed by atoms with Gasteiger partial charge in [-0.15, -0.1) is 0 Å². The first-order chi connectivity index (χ1) is 15.1. The van der Waals surface area contributed by atoms with Crippen molar-refractivity contribution in [3.05, 3.63) is 60.3 Å².